The highest BCUT2D eigenvalue weighted by molar-refractivity contribution is 5.58. The highest BCUT2D eigenvalue weighted by atomic mass is 15.4. The third-order valence-corrected chi connectivity index (χ3v) is 3.85. The Morgan fingerprint density at radius 3 is 2.83 bits per heavy atom. The summed E-state index contributed by atoms with van der Waals surface area (Å²) >= 11 is 0. The summed E-state index contributed by atoms with van der Waals surface area (Å²) in [6.07, 6.45) is 3.44. The Morgan fingerprint density at radius 2 is 2.22 bits per heavy atom. The highest BCUT2D eigenvalue weighted by Gasteiger charge is 2.31. The molecule has 1 fully saturated rings. The molecule has 0 amide bonds. The summed E-state index contributed by atoms with van der Waals surface area (Å²) in [6.45, 7) is 4.71. The Hall–Kier alpha value is -1.54. The van der Waals surface area contributed by atoms with Crippen LogP contribution in [0.15, 0.2) is 0 Å². The van der Waals surface area contributed by atoms with E-state index in [9.17, 15) is 5.26 Å². The largest absolute Gasteiger partial charge is 0.349 e. The molecule has 0 bridgehead atoms. The Labute approximate surface area is 108 Å². The predicted octanol–water partition coefficient (Wildman–Crippen LogP) is 1.31. The Kier molecular flexibility index (Phi) is 3.58. The van der Waals surface area contributed by atoms with Crippen molar-refractivity contribution in [1.82, 2.24) is 9.78 Å². The molecule has 0 spiro atoms. The van der Waals surface area contributed by atoms with Crippen LogP contribution in [0, 0.1) is 18.3 Å². The van der Waals surface area contributed by atoms with Crippen molar-refractivity contribution in [3.05, 3.63) is 11.3 Å². The molecule has 0 saturated carbocycles. The van der Waals surface area contributed by atoms with Gasteiger partial charge >= 0.3 is 0 Å². The van der Waals surface area contributed by atoms with E-state index in [2.05, 4.69) is 23.0 Å². The molecule has 1 aromatic rings. The van der Waals surface area contributed by atoms with Crippen molar-refractivity contribution in [2.75, 3.05) is 11.4 Å². The fourth-order valence-corrected chi connectivity index (χ4v) is 2.97. The normalized spacial score (nSPS) is 24.1. The molecule has 2 N–H and O–H groups in total. The number of nitrogens with zero attached hydrogens (tertiary/aromatic N) is 4. The summed E-state index contributed by atoms with van der Waals surface area (Å²) in [5, 5.41) is 13.7. The van der Waals surface area contributed by atoms with Crippen LogP contribution in [0.4, 0.5) is 5.82 Å². The maximum atomic E-state index is 9.33. The van der Waals surface area contributed by atoms with Crippen LogP contribution in [0.3, 0.4) is 0 Å². The molecule has 1 saturated heterocycles. The van der Waals surface area contributed by atoms with Gasteiger partial charge in [0.1, 0.15) is 17.5 Å². The van der Waals surface area contributed by atoms with E-state index in [1.54, 1.807) is 0 Å². The molecule has 0 aliphatic carbocycles. The van der Waals surface area contributed by atoms with E-state index in [1.807, 2.05) is 18.7 Å². The zero-order valence-electron chi connectivity index (χ0n) is 11.3. The van der Waals surface area contributed by atoms with Crippen LogP contribution in [0.1, 0.15) is 37.4 Å². The Balaban J connectivity index is 2.48. The van der Waals surface area contributed by atoms with E-state index in [4.69, 9.17) is 5.73 Å². The summed E-state index contributed by atoms with van der Waals surface area (Å²) in [6, 6.07) is 3.01. The Bertz CT molecular complexity index is 470. The molecule has 0 radical (unpaired) electrons. The first kappa shape index (κ1) is 12.9. The first-order valence-corrected chi connectivity index (χ1v) is 6.52. The molecule has 1 aromatic heterocycles. The van der Waals surface area contributed by atoms with Gasteiger partial charge in [-0.05, 0) is 33.1 Å². The molecule has 0 aromatic carbocycles. The van der Waals surface area contributed by atoms with E-state index >= 15 is 0 Å². The van der Waals surface area contributed by atoms with Crippen molar-refractivity contribution in [1.29, 1.82) is 5.26 Å². The van der Waals surface area contributed by atoms with Gasteiger partial charge in [0.25, 0.3) is 0 Å². The molecule has 98 valence electrons. The van der Waals surface area contributed by atoms with Crippen LogP contribution < -0.4 is 10.6 Å². The van der Waals surface area contributed by atoms with Crippen molar-refractivity contribution in [3.8, 4) is 6.07 Å². The van der Waals surface area contributed by atoms with Gasteiger partial charge in [0.05, 0.1) is 5.69 Å². The van der Waals surface area contributed by atoms with Gasteiger partial charge in [-0.2, -0.15) is 10.4 Å². The van der Waals surface area contributed by atoms with Crippen LogP contribution in [0.25, 0.3) is 0 Å². The number of rotatable bonds is 2. The monoisotopic (exact) mass is 247 g/mol. The smallest absolute Gasteiger partial charge is 0.145 e. The first-order valence-electron chi connectivity index (χ1n) is 6.52. The fraction of sp³-hybridized carbons (Fsp3) is 0.692. The van der Waals surface area contributed by atoms with E-state index in [-0.39, 0.29) is 0 Å². The van der Waals surface area contributed by atoms with Crippen LogP contribution in [0.2, 0.25) is 0 Å². The molecule has 1 aliphatic rings. The molecule has 2 unspecified atom stereocenters. The SMILES string of the molecule is Cc1nn(C)c(N2C(C)CCCC2CN)c1C#N. The van der Waals surface area contributed by atoms with E-state index < -0.39 is 0 Å². The molecule has 1 aliphatic heterocycles. The van der Waals surface area contributed by atoms with Crippen molar-refractivity contribution in [3.63, 3.8) is 0 Å². The lowest BCUT2D eigenvalue weighted by molar-refractivity contribution is 0.392. The molecule has 2 heterocycles. The summed E-state index contributed by atoms with van der Waals surface area (Å²) in [5.74, 6) is 0.928. The quantitative estimate of drug-likeness (QED) is 0.855. The second-order valence-corrected chi connectivity index (χ2v) is 5.10. The van der Waals surface area contributed by atoms with E-state index in [0.717, 1.165) is 24.4 Å². The summed E-state index contributed by atoms with van der Waals surface area (Å²) < 4.78 is 1.82. The summed E-state index contributed by atoms with van der Waals surface area (Å²) in [5.41, 5.74) is 7.37. The molecular formula is C13H21N5. The van der Waals surface area contributed by atoms with Gasteiger partial charge in [0.15, 0.2) is 0 Å². The van der Waals surface area contributed by atoms with E-state index in [0.29, 0.717) is 24.2 Å². The lowest BCUT2D eigenvalue weighted by atomic mass is 9.96. The second-order valence-electron chi connectivity index (χ2n) is 5.10. The van der Waals surface area contributed by atoms with Gasteiger partial charge in [-0.15, -0.1) is 0 Å². The van der Waals surface area contributed by atoms with E-state index in [1.165, 1.54) is 6.42 Å². The molecule has 2 atom stereocenters. The zero-order valence-corrected chi connectivity index (χ0v) is 11.3. The molecule has 2 rings (SSSR count). The van der Waals surface area contributed by atoms with Gasteiger partial charge in [-0.3, -0.25) is 4.68 Å². The van der Waals surface area contributed by atoms with Crippen LogP contribution >= 0.6 is 0 Å². The van der Waals surface area contributed by atoms with Crippen LogP contribution in [-0.2, 0) is 7.05 Å². The fourth-order valence-electron chi connectivity index (χ4n) is 2.97. The number of nitrogens with two attached hydrogens (primary N) is 1. The lowest BCUT2D eigenvalue weighted by Gasteiger charge is -2.41. The van der Waals surface area contributed by atoms with Crippen LogP contribution in [-0.4, -0.2) is 28.4 Å². The molecule has 5 nitrogen and oxygen atoms in total. The van der Waals surface area contributed by atoms with Gasteiger partial charge < -0.3 is 10.6 Å². The average Bonchev–Trinajstić information content (AvgIpc) is 2.63. The number of aromatic nitrogens is 2. The minimum absolute atomic E-state index is 0.315. The third-order valence-electron chi connectivity index (χ3n) is 3.85. The number of anilines is 1. The maximum absolute atomic E-state index is 9.33. The number of hydrogen-bond acceptors (Lipinski definition) is 4. The molecule has 5 heteroatoms. The van der Waals surface area contributed by atoms with Crippen molar-refractivity contribution in [2.24, 2.45) is 12.8 Å². The van der Waals surface area contributed by atoms with Crippen molar-refractivity contribution >= 4 is 5.82 Å². The maximum Gasteiger partial charge on any atom is 0.145 e. The third kappa shape index (κ3) is 1.97. The predicted molar refractivity (Wildman–Crippen MR) is 71.3 cm³/mol. The van der Waals surface area contributed by atoms with Crippen molar-refractivity contribution < 1.29 is 0 Å². The summed E-state index contributed by atoms with van der Waals surface area (Å²) in [7, 11) is 1.90. The minimum Gasteiger partial charge on any atom is -0.349 e. The lowest BCUT2D eigenvalue weighted by Crippen LogP contribution is -2.50. The number of piperidine rings is 1. The van der Waals surface area contributed by atoms with Gasteiger partial charge in [-0.1, -0.05) is 0 Å². The van der Waals surface area contributed by atoms with Gasteiger partial charge in [-0.25, -0.2) is 0 Å². The highest BCUT2D eigenvalue weighted by Crippen LogP contribution is 2.32. The standard InChI is InChI=1S/C13H21N5/c1-9-5-4-6-11(7-14)18(9)13-12(8-15)10(2)16-17(13)3/h9,11H,4-7,14H2,1-3H3. The number of aryl methyl sites for hydroxylation is 2. The first-order chi connectivity index (χ1) is 8.60. The number of hydrogen-bond donors (Lipinski definition) is 1. The minimum atomic E-state index is 0.315. The molecule has 18 heavy (non-hydrogen) atoms. The number of nitriles is 1. The second kappa shape index (κ2) is 4.99. The average molecular weight is 247 g/mol. The Morgan fingerprint density at radius 1 is 1.50 bits per heavy atom. The van der Waals surface area contributed by atoms with Gasteiger partial charge in [0.2, 0.25) is 0 Å². The molecular weight excluding hydrogens is 226 g/mol. The van der Waals surface area contributed by atoms with Crippen LogP contribution in [0.5, 0.6) is 0 Å². The van der Waals surface area contributed by atoms with Crippen molar-refractivity contribution in [2.45, 2.75) is 45.2 Å². The zero-order chi connectivity index (χ0) is 13.3. The van der Waals surface area contributed by atoms with Gasteiger partial charge in [0, 0.05) is 25.7 Å². The summed E-state index contributed by atoms with van der Waals surface area (Å²) in [4.78, 5) is 2.29. The topological polar surface area (TPSA) is 70.9 Å².